The minimum atomic E-state index is -1.49. The van der Waals surface area contributed by atoms with E-state index in [2.05, 4.69) is 46.8 Å². The highest BCUT2D eigenvalue weighted by atomic mass is 35.5. The fourth-order valence-corrected chi connectivity index (χ4v) is 9.65. The van der Waals surface area contributed by atoms with Crippen LogP contribution in [0.2, 0.25) is 5.02 Å². The highest BCUT2D eigenvalue weighted by Gasteiger charge is 2.45. The van der Waals surface area contributed by atoms with E-state index in [1.54, 1.807) is 18.2 Å². The highest BCUT2D eigenvalue weighted by Crippen LogP contribution is 2.39. The zero-order valence-corrected chi connectivity index (χ0v) is 34.9. The van der Waals surface area contributed by atoms with Crippen LogP contribution in [0, 0.1) is 29.0 Å². The Morgan fingerprint density at radius 1 is 0.952 bits per heavy atom. The van der Waals surface area contributed by atoms with E-state index in [0.717, 1.165) is 54.1 Å². The van der Waals surface area contributed by atoms with Gasteiger partial charge in [0.15, 0.2) is 6.23 Å². The van der Waals surface area contributed by atoms with Crippen LogP contribution in [0.3, 0.4) is 0 Å². The van der Waals surface area contributed by atoms with Gasteiger partial charge in [-0.3, -0.25) is 34.3 Å². The van der Waals surface area contributed by atoms with Crippen LogP contribution in [0.25, 0.3) is 0 Å². The van der Waals surface area contributed by atoms with Crippen LogP contribution in [0.5, 0.6) is 0 Å². The van der Waals surface area contributed by atoms with E-state index < -0.39 is 47.7 Å². The van der Waals surface area contributed by atoms with E-state index in [-0.39, 0.29) is 47.1 Å². The molecule has 63 heavy (non-hydrogen) atoms. The standard InChI is InChI=1S/C44H44ClF2N11O5/c45-32-17-27(6-3-25(32)20-48)57-12-11-28-34(22-57)49-23-50-40(28)53-37-9-7-29(39(47)52-37)41(60)51-26-4-1-24(2-5-26)21-55-13-15-56(16-14-55)36-19-31-30(18-33(36)46)43(62)58(44(31)63)35-8-10-38(59)54-42(35)61/h3,6-7,9,17-19,23-24,26,35,43,62H,1-2,4-5,8,10-16,21-22H2,(H,51,60)(H,54,59,61)(H,49,50,52,53). The quantitative estimate of drug-likeness (QED) is 0.137. The summed E-state index contributed by atoms with van der Waals surface area (Å²) < 4.78 is 30.8. The van der Waals surface area contributed by atoms with Crippen LogP contribution in [-0.2, 0) is 22.6 Å². The fraction of sp³-hybridized carbons (Fsp3) is 0.409. The number of halogens is 3. The van der Waals surface area contributed by atoms with Crippen molar-refractivity contribution in [2.24, 2.45) is 5.92 Å². The van der Waals surface area contributed by atoms with Crippen LogP contribution < -0.4 is 25.8 Å². The molecule has 4 aromatic rings. The number of amides is 4. The van der Waals surface area contributed by atoms with Crippen molar-refractivity contribution in [1.29, 1.82) is 5.26 Å². The Hall–Kier alpha value is -6.29. The summed E-state index contributed by atoms with van der Waals surface area (Å²) >= 11 is 6.27. The highest BCUT2D eigenvalue weighted by molar-refractivity contribution is 6.32. The molecule has 16 nitrogen and oxygen atoms in total. The summed E-state index contributed by atoms with van der Waals surface area (Å²) in [5, 5.41) is 28.8. The van der Waals surface area contributed by atoms with Gasteiger partial charge in [0, 0.05) is 74.1 Å². The maximum Gasteiger partial charge on any atom is 0.257 e. The number of hydrogen-bond donors (Lipinski definition) is 4. The number of carbonyl (C=O) groups is 4. The molecule has 2 aromatic heterocycles. The zero-order valence-electron chi connectivity index (χ0n) is 34.1. The minimum absolute atomic E-state index is 0.0379. The SMILES string of the molecule is N#Cc1ccc(N2CCc3c(ncnc3Nc3ccc(C(=O)NC4CCC(CN5CCN(c6cc7c(cc6F)C(O)N(C6CCC(=O)NC6=O)C7=O)CC5)CC4)c(F)n3)C2)cc1Cl. The van der Waals surface area contributed by atoms with E-state index in [9.17, 15) is 29.5 Å². The lowest BCUT2D eigenvalue weighted by atomic mass is 9.85. The number of imide groups is 1. The molecule has 0 bridgehead atoms. The monoisotopic (exact) mass is 879 g/mol. The van der Waals surface area contributed by atoms with E-state index >= 15 is 8.78 Å². The van der Waals surface area contributed by atoms with Crippen molar-refractivity contribution in [3.05, 3.63) is 99.1 Å². The van der Waals surface area contributed by atoms with Crippen LogP contribution in [0.1, 0.15) is 87.9 Å². The molecule has 3 fully saturated rings. The van der Waals surface area contributed by atoms with Gasteiger partial charge in [0.05, 0.1) is 34.1 Å². The molecular formula is C44H44ClF2N11O5. The molecule has 6 heterocycles. The number of nitrogens with one attached hydrogen (secondary N) is 3. The van der Waals surface area contributed by atoms with E-state index in [1.165, 1.54) is 24.5 Å². The Kier molecular flexibility index (Phi) is 11.7. The fourth-order valence-electron chi connectivity index (χ4n) is 9.44. The molecule has 9 rings (SSSR count). The lowest BCUT2D eigenvalue weighted by molar-refractivity contribution is -0.139. The van der Waals surface area contributed by atoms with Gasteiger partial charge in [0.1, 0.15) is 35.9 Å². The summed E-state index contributed by atoms with van der Waals surface area (Å²) in [5.74, 6) is -2.54. The number of nitriles is 1. The summed E-state index contributed by atoms with van der Waals surface area (Å²) in [6, 6.07) is 11.8. The Morgan fingerprint density at radius 2 is 1.75 bits per heavy atom. The first-order chi connectivity index (χ1) is 30.4. The van der Waals surface area contributed by atoms with Gasteiger partial charge < -0.3 is 25.5 Å². The number of aromatic nitrogens is 3. The molecular weight excluding hydrogens is 836 g/mol. The van der Waals surface area contributed by atoms with Crippen molar-refractivity contribution in [2.75, 3.05) is 54.4 Å². The molecule has 19 heteroatoms. The van der Waals surface area contributed by atoms with Crippen molar-refractivity contribution < 1.29 is 33.1 Å². The van der Waals surface area contributed by atoms with Gasteiger partial charge in [0.2, 0.25) is 17.8 Å². The van der Waals surface area contributed by atoms with Crippen LogP contribution in [-0.4, -0.2) is 105 Å². The molecule has 2 atom stereocenters. The molecule has 4 amide bonds. The van der Waals surface area contributed by atoms with Gasteiger partial charge in [-0.05, 0) is 86.9 Å². The van der Waals surface area contributed by atoms with Crippen LogP contribution >= 0.6 is 11.6 Å². The molecule has 2 aromatic carbocycles. The molecule has 2 unspecified atom stereocenters. The molecule has 4 aliphatic heterocycles. The van der Waals surface area contributed by atoms with Crippen LogP contribution in [0.4, 0.5) is 31.8 Å². The number of aliphatic hydroxyl groups excluding tert-OH is 1. The normalized spacial score (nSPS) is 22.6. The molecule has 0 radical (unpaired) electrons. The number of benzene rings is 2. The first kappa shape index (κ1) is 42.0. The Balaban J connectivity index is 0.737. The predicted molar refractivity (Wildman–Crippen MR) is 226 cm³/mol. The maximum atomic E-state index is 15.5. The smallest absolute Gasteiger partial charge is 0.257 e. The van der Waals surface area contributed by atoms with E-state index in [1.807, 2.05) is 11.0 Å². The number of rotatable bonds is 9. The van der Waals surface area contributed by atoms with Crippen LogP contribution in [0.15, 0.2) is 48.8 Å². The number of aliphatic hydroxyl groups is 1. The third-order valence-electron chi connectivity index (χ3n) is 12.9. The predicted octanol–water partition coefficient (Wildman–Crippen LogP) is 4.34. The Morgan fingerprint density at radius 3 is 2.48 bits per heavy atom. The average molecular weight is 880 g/mol. The number of piperidine rings is 1. The molecule has 1 aliphatic carbocycles. The number of anilines is 4. The molecule has 0 spiro atoms. The molecule has 1 saturated carbocycles. The average Bonchev–Trinajstić information content (AvgIpc) is 3.51. The largest absolute Gasteiger partial charge is 0.369 e. The van der Waals surface area contributed by atoms with Crippen molar-refractivity contribution in [2.45, 2.75) is 69.8 Å². The summed E-state index contributed by atoms with van der Waals surface area (Å²) in [6.45, 7) is 4.39. The first-order valence-corrected chi connectivity index (χ1v) is 21.5. The molecule has 2 saturated heterocycles. The van der Waals surface area contributed by atoms with E-state index in [0.29, 0.717) is 68.0 Å². The first-order valence-electron chi connectivity index (χ1n) is 21.1. The number of piperazine rings is 1. The third-order valence-corrected chi connectivity index (χ3v) is 13.2. The van der Waals surface area contributed by atoms with Crippen molar-refractivity contribution in [3.63, 3.8) is 0 Å². The van der Waals surface area contributed by atoms with Gasteiger partial charge in [-0.15, -0.1) is 0 Å². The second kappa shape index (κ2) is 17.5. The number of fused-ring (bicyclic) bond motifs is 2. The van der Waals surface area contributed by atoms with Gasteiger partial charge in [0.25, 0.3) is 11.8 Å². The van der Waals surface area contributed by atoms with Gasteiger partial charge in [-0.25, -0.2) is 19.3 Å². The molecule has 326 valence electrons. The summed E-state index contributed by atoms with van der Waals surface area (Å²) in [7, 11) is 0. The number of nitrogens with zero attached hydrogens (tertiary/aromatic N) is 8. The second-order valence-electron chi connectivity index (χ2n) is 16.7. The van der Waals surface area contributed by atoms with Gasteiger partial charge in [-0.2, -0.15) is 9.65 Å². The van der Waals surface area contributed by atoms with E-state index in [4.69, 9.17) is 11.6 Å². The Labute approximate surface area is 366 Å². The minimum Gasteiger partial charge on any atom is -0.369 e. The summed E-state index contributed by atoms with van der Waals surface area (Å²) in [6.07, 6.45) is 3.91. The summed E-state index contributed by atoms with van der Waals surface area (Å²) in [5.41, 5.74) is 3.31. The third kappa shape index (κ3) is 8.47. The lowest BCUT2D eigenvalue weighted by Crippen LogP contribution is -2.53. The lowest BCUT2D eigenvalue weighted by Gasteiger charge is -2.39. The Bertz CT molecular complexity index is 2540. The molecule has 4 N–H and O–H groups in total. The molecule has 5 aliphatic rings. The van der Waals surface area contributed by atoms with Gasteiger partial charge in [-0.1, -0.05) is 11.6 Å². The number of pyridine rings is 1. The summed E-state index contributed by atoms with van der Waals surface area (Å²) in [4.78, 5) is 71.0. The second-order valence-corrected chi connectivity index (χ2v) is 17.1. The number of carbonyl (C=O) groups excluding carboxylic acids is 4. The topological polar surface area (TPSA) is 200 Å². The van der Waals surface area contributed by atoms with Crippen molar-refractivity contribution in [1.82, 2.24) is 35.4 Å². The number of hydrogen-bond acceptors (Lipinski definition) is 13. The maximum absolute atomic E-state index is 15.5. The zero-order chi connectivity index (χ0) is 43.9. The van der Waals surface area contributed by atoms with Crippen molar-refractivity contribution >= 4 is 58.2 Å². The van der Waals surface area contributed by atoms with Gasteiger partial charge >= 0.3 is 0 Å². The van der Waals surface area contributed by atoms with Crippen molar-refractivity contribution in [3.8, 4) is 6.07 Å².